The third-order valence-electron chi connectivity index (χ3n) is 3.95. The molecule has 1 aromatic rings. The first-order valence-electron chi connectivity index (χ1n) is 5.17. The molecule has 1 aromatic carbocycles. The van der Waals surface area contributed by atoms with E-state index in [0.29, 0.717) is 11.5 Å². The van der Waals surface area contributed by atoms with Gasteiger partial charge in [-0.15, -0.1) is 0 Å². The van der Waals surface area contributed by atoms with Gasteiger partial charge in [-0.25, -0.2) is 0 Å². The second-order valence-electron chi connectivity index (χ2n) is 4.48. The molecule has 3 rings (SSSR count). The van der Waals surface area contributed by atoms with Gasteiger partial charge in [0.05, 0.1) is 0 Å². The van der Waals surface area contributed by atoms with Gasteiger partial charge in [0.1, 0.15) is 0 Å². The van der Waals surface area contributed by atoms with E-state index in [9.17, 15) is 0 Å². The van der Waals surface area contributed by atoms with Crippen LogP contribution in [0.1, 0.15) is 30.4 Å². The fraction of sp³-hybridized carbons (Fsp3) is 0.500. The molecule has 0 aromatic heterocycles. The maximum absolute atomic E-state index is 6.23. The summed E-state index contributed by atoms with van der Waals surface area (Å²) in [5.74, 6) is 0. The van der Waals surface area contributed by atoms with Gasteiger partial charge in [0.15, 0.2) is 0 Å². The fourth-order valence-electron chi connectivity index (χ4n) is 3.01. The first-order valence-corrected chi connectivity index (χ1v) is 5.17. The van der Waals surface area contributed by atoms with E-state index in [1.165, 1.54) is 24.8 Å². The summed E-state index contributed by atoms with van der Waals surface area (Å²) < 4.78 is 0. The van der Waals surface area contributed by atoms with Crippen LogP contribution in [0.5, 0.6) is 0 Å². The molecule has 0 aliphatic heterocycles. The van der Waals surface area contributed by atoms with Crippen molar-refractivity contribution in [3.05, 3.63) is 35.4 Å². The topological polar surface area (TPSA) is 26.0 Å². The van der Waals surface area contributed by atoms with E-state index in [-0.39, 0.29) is 0 Å². The van der Waals surface area contributed by atoms with Crippen LogP contribution >= 0.6 is 0 Å². The van der Waals surface area contributed by atoms with Crippen LogP contribution in [0.25, 0.3) is 0 Å². The van der Waals surface area contributed by atoms with Gasteiger partial charge >= 0.3 is 0 Å². The molecule has 68 valence electrons. The Balaban J connectivity index is 2.14. The zero-order chi connectivity index (χ0) is 8.89. The highest BCUT2D eigenvalue weighted by Gasteiger charge is 2.48. The molecule has 1 heteroatoms. The molecule has 1 spiro atoms. The van der Waals surface area contributed by atoms with Crippen molar-refractivity contribution < 1.29 is 0 Å². The number of benzene rings is 1. The zero-order valence-corrected chi connectivity index (χ0v) is 7.79. The molecule has 1 fully saturated rings. The van der Waals surface area contributed by atoms with Gasteiger partial charge in [-0.05, 0) is 30.4 Å². The van der Waals surface area contributed by atoms with Gasteiger partial charge in [-0.1, -0.05) is 30.7 Å². The van der Waals surface area contributed by atoms with Crippen molar-refractivity contribution in [3.63, 3.8) is 0 Å². The second kappa shape index (κ2) is 2.36. The predicted octanol–water partition coefficient (Wildman–Crippen LogP) is 1.99. The van der Waals surface area contributed by atoms with Crippen LogP contribution in [0, 0.1) is 0 Å². The van der Waals surface area contributed by atoms with Crippen molar-refractivity contribution >= 4 is 0 Å². The number of fused-ring (bicyclic) bond motifs is 2. The summed E-state index contributed by atoms with van der Waals surface area (Å²) in [6, 6.07) is 9.18. The van der Waals surface area contributed by atoms with Crippen LogP contribution in [0.2, 0.25) is 0 Å². The molecule has 2 aliphatic rings. The number of rotatable bonds is 0. The third kappa shape index (κ3) is 0.806. The summed E-state index contributed by atoms with van der Waals surface area (Å²) in [5.41, 5.74) is 9.66. The summed E-state index contributed by atoms with van der Waals surface area (Å²) in [4.78, 5) is 0. The molecule has 0 amide bonds. The van der Waals surface area contributed by atoms with E-state index < -0.39 is 0 Å². The minimum Gasteiger partial charge on any atom is -0.327 e. The highest BCUT2D eigenvalue weighted by atomic mass is 14.7. The standard InChI is InChI=1S/C12H15N/c13-11-8-9-4-1-2-5-10(9)12(11)6-3-7-12/h1-2,4-5,11H,3,6-8,13H2. The molecule has 2 N–H and O–H groups in total. The van der Waals surface area contributed by atoms with Crippen molar-refractivity contribution in [1.82, 2.24) is 0 Å². The van der Waals surface area contributed by atoms with Crippen LogP contribution in [-0.2, 0) is 11.8 Å². The fourth-order valence-corrected chi connectivity index (χ4v) is 3.01. The van der Waals surface area contributed by atoms with Crippen LogP contribution in [0.15, 0.2) is 24.3 Å². The molecular formula is C12H15N. The van der Waals surface area contributed by atoms with E-state index in [0.717, 1.165) is 6.42 Å². The van der Waals surface area contributed by atoms with E-state index in [4.69, 9.17) is 5.73 Å². The predicted molar refractivity (Wildman–Crippen MR) is 53.7 cm³/mol. The van der Waals surface area contributed by atoms with Crippen LogP contribution < -0.4 is 5.73 Å². The van der Waals surface area contributed by atoms with E-state index >= 15 is 0 Å². The number of hydrogen-bond acceptors (Lipinski definition) is 1. The number of nitrogens with two attached hydrogens (primary N) is 1. The average Bonchev–Trinajstić information content (AvgIpc) is 2.35. The maximum atomic E-state index is 6.23. The Bertz CT molecular complexity index is 339. The lowest BCUT2D eigenvalue weighted by Crippen LogP contribution is -2.47. The van der Waals surface area contributed by atoms with Gasteiger partial charge < -0.3 is 5.73 Å². The molecule has 13 heavy (non-hydrogen) atoms. The molecule has 0 radical (unpaired) electrons. The molecule has 0 saturated heterocycles. The Hall–Kier alpha value is -0.820. The molecule has 1 nitrogen and oxygen atoms in total. The van der Waals surface area contributed by atoms with E-state index in [2.05, 4.69) is 24.3 Å². The molecule has 0 bridgehead atoms. The number of hydrogen-bond donors (Lipinski definition) is 1. The van der Waals surface area contributed by atoms with Crippen molar-refractivity contribution in [2.75, 3.05) is 0 Å². The van der Waals surface area contributed by atoms with Gasteiger partial charge in [-0.2, -0.15) is 0 Å². The first-order chi connectivity index (χ1) is 6.33. The highest BCUT2D eigenvalue weighted by Crippen LogP contribution is 2.51. The van der Waals surface area contributed by atoms with Crippen LogP contribution in [0.4, 0.5) is 0 Å². The van der Waals surface area contributed by atoms with Crippen molar-refractivity contribution in [1.29, 1.82) is 0 Å². The summed E-state index contributed by atoms with van der Waals surface area (Å²) in [6.07, 6.45) is 5.08. The quantitative estimate of drug-likeness (QED) is 0.638. The smallest absolute Gasteiger partial charge is 0.0177 e. The third-order valence-corrected chi connectivity index (χ3v) is 3.95. The Morgan fingerprint density at radius 1 is 1.23 bits per heavy atom. The molecule has 1 unspecified atom stereocenters. The lowest BCUT2D eigenvalue weighted by Gasteiger charge is -2.43. The van der Waals surface area contributed by atoms with Crippen LogP contribution in [0.3, 0.4) is 0 Å². The Morgan fingerprint density at radius 3 is 2.69 bits per heavy atom. The first kappa shape index (κ1) is 7.57. The minimum atomic E-state index is 0.386. The largest absolute Gasteiger partial charge is 0.327 e. The highest BCUT2D eigenvalue weighted by molar-refractivity contribution is 5.43. The zero-order valence-electron chi connectivity index (χ0n) is 7.79. The lowest BCUT2D eigenvalue weighted by molar-refractivity contribution is 0.213. The Labute approximate surface area is 78.9 Å². The van der Waals surface area contributed by atoms with Crippen molar-refractivity contribution in [3.8, 4) is 0 Å². The van der Waals surface area contributed by atoms with Crippen molar-refractivity contribution in [2.24, 2.45) is 5.73 Å². The summed E-state index contributed by atoms with van der Waals surface area (Å²) in [7, 11) is 0. The Kier molecular flexibility index (Phi) is 1.37. The van der Waals surface area contributed by atoms with Gasteiger partial charge in [0.25, 0.3) is 0 Å². The van der Waals surface area contributed by atoms with Gasteiger partial charge in [-0.3, -0.25) is 0 Å². The maximum Gasteiger partial charge on any atom is 0.0177 e. The second-order valence-corrected chi connectivity index (χ2v) is 4.48. The molecular weight excluding hydrogens is 158 g/mol. The van der Waals surface area contributed by atoms with E-state index in [1.807, 2.05) is 0 Å². The molecule has 0 heterocycles. The monoisotopic (exact) mass is 173 g/mol. The molecule has 1 saturated carbocycles. The van der Waals surface area contributed by atoms with E-state index in [1.54, 1.807) is 5.56 Å². The average molecular weight is 173 g/mol. The van der Waals surface area contributed by atoms with Crippen molar-refractivity contribution in [2.45, 2.75) is 37.1 Å². The summed E-state index contributed by atoms with van der Waals surface area (Å²) in [5, 5.41) is 0. The molecule has 2 aliphatic carbocycles. The molecule has 1 atom stereocenters. The minimum absolute atomic E-state index is 0.386. The lowest BCUT2D eigenvalue weighted by atomic mass is 9.63. The Morgan fingerprint density at radius 2 is 2.00 bits per heavy atom. The van der Waals surface area contributed by atoms with Gasteiger partial charge in [0.2, 0.25) is 0 Å². The SMILES string of the molecule is NC1Cc2ccccc2C12CCC2. The van der Waals surface area contributed by atoms with Crippen LogP contribution in [-0.4, -0.2) is 6.04 Å². The summed E-state index contributed by atoms with van der Waals surface area (Å²) >= 11 is 0. The summed E-state index contributed by atoms with van der Waals surface area (Å²) in [6.45, 7) is 0. The van der Waals surface area contributed by atoms with Gasteiger partial charge in [0, 0.05) is 11.5 Å². The normalized spacial score (nSPS) is 28.5.